The number of thioether (sulfide) groups is 1. The number of benzene rings is 1. The van der Waals surface area contributed by atoms with E-state index in [1.54, 1.807) is 18.9 Å². The monoisotopic (exact) mass is 407 g/mol. The van der Waals surface area contributed by atoms with Gasteiger partial charge in [0.2, 0.25) is 0 Å². The number of nitrogens with zero attached hydrogens (tertiary/aromatic N) is 3. The summed E-state index contributed by atoms with van der Waals surface area (Å²) in [7, 11) is 1.76. The Bertz CT molecular complexity index is 1080. The lowest BCUT2D eigenvalue weighted by Crippen LogP contribution is -2.28. The van der Waals surface area contributed by atoms with Gasteiger partial charge in [0.1, 0.15) is 10.8 Å². The molecule has 2 aliphatic rings. The highest BCUT2D eigenvalue weighted by molar-refractivity contribution is 7.98. The molecule has 2 aromatic heterocycles. The van der Waals surface area contributed by atoms with Gasteiger partial charge in [-0.3, -0.25) is 0 Å². The highest BCUT2D eigenvalue weighted by atomic mass is 32.2. The standard InChI is InChI=1S/C24H29N3OS/c1-14-12-16(3)21(20(13-14)28-4)19-11-6-15(2)22-23(24(29-5)25-27(19)22)26(17-7-8-17)18-9-10-18/h6,11-13,17-18H,7-10H2,1-5H3. The second-order valence-electron chi connectivity index (χ2n) is 8.55. The van der Waals surface area contributed by atoms with Crippen molar-refractivity contribution in [2.75, 3.05) is 18.3 Å². The van der Waals surface area contributed by atoms with Crippen LogP contribution in [0, 0.1) is 20.8 Å². The number of pyridine rings is 1. The van der Waals surface area contributed by atoms with Gasteiger partial charge in [0.15, 0.2) is 0 Å². The molecule has 152 valence electrons. The second kappa shape index (κ2) is 6.98. The fourth-order valence-electron chi connectivity index (χ4n) is 4.62. The maximum atomic E-state index is 5.79. The third-order valence-electron chi connectivity index (χ3n) is 6.17. The third kappa shape index (κ3) is 3.10. The van der Waals surface area contributed by atoms with Crippen LogP contribution in [0.5, 0.6) is 5.75 Å². The highest BCUT2D eigenvalue weighted by Crippen LogP contribution is 2.47. The Labute approximate surface area is 177 Å². The van der Waals surface area contributed by atoms with E-state index in [4.69, 9.17) is 9.84 Å². The minimum Gasteiger partial charge on any atom is -0.496 e. The molecule has 0 amide bonds. The lowest BCUT2D eigenvalue weighted by Gasteiger charge is -2.25. The zero-order valence-electron chi connectivity index (χ0n) is 18.0. The first-order valence-electron chi connectivity index (χ1n) is 10.5. The van der Waals surface area contributed by atoms with Gasteiger partial charge in [-0.1, -0.05) is 12.1 Å². The van der Waals surface area contributed by atoms with Gasteiger partial charge in [0, 0.05) is 17.6 Å². The molecule has 3 aromatic rings. The summed E-state index contributed by atoms with van der Waals surface area (Å²) in [6, 6.07) is 10.2. The molecule has 5 rings (SSSR count). The molecule has 0 unspecified atom stereocenters. The quantitative estimate of drug-likeness (QED) is 0.484. The minimum atomic E-state index is 0.695. The topological polar surface area (TPSA) is 29.8 Å². The van der Waals surface area contributed by atoms with E-state index in [-0.39, 0.29) is 0 Å². The second-order valence-corrected chi connectivity index (χ2v) is 9.34. The fourth-order valence-corrected chi connectivity index (χ4v) is 5.18. The van der Waals surface area contributed by atoms with Crippen molar-refractivity contribution in [3.63, 3.8) is 0 Å². The van der Waals surface area contributed by atoms with Crippen LogP contribution in [0.4, 0.5) is 5.69 Å². The van der Waals surface area contributed by atoms with E-state index in [0.717, 1.165) is 22.0 Å². The van der Waals surface area contributed by atoms with E-state index < -0.39 is 0 Å². The number of hydrogen-bond acceptors (Lipinski definition) is 4. The van der Waals surface area contributed by atoms with Gasteiger partial charge < -0.3 is 9.64 Å². The number of aromatic nitrogens is 2. The molecule has 0 N–H and O–H groups in total. The summed E-state index contributed by atoms with van der Waals surface area (Å²) in [6.07, 6.45) is 7.39. The molecule has 1 aromatic carbocycles. The number of fused-ring (bicyclic) bond motifs is 1. The van der Waals surface area contributed by atoms with E-state index in [1.807, 2.05) is 0 Å². The maximum absolute atomic E-state index is 5.79. The lowest BCUT2D eigenvalue weighted by atomic mass is 10.00. The molecular weight excluding hydrogens is 378 g/mol. The molecule has 0 radical (unpaired) electrons. The highest BCUT2D eigenvalue weighted by Gasteiger charge is 2.42. The van der Waals surface area contributed by atoms with Crippen LogP contribution >= 0.6 is 11.8 Å². The van der Waals surface area contributed by atoms with Crippen molar-refractivity contribution < 1.29 is 4.74 Å². The molecule has 5 heteroatoms. The van der Waals surface area contributed by atoms with E-state index >= 15 is 0 Å². The van der Waals surface area contributed by atoms with Crippen LogP contribution in [-0.2, 0) is 0 Å². The van der Waals surface area contributed by atoms with Crippen LogP contribution in [0.25, 0.3) is 16.8 Å². The molecule has 0 spiro atoms. The predicted molar refractivity (Wildman–Crippen MR) is 122 cm³/mol. The fraction of sp³-hybridized carbons (Fsp3) is 0.458. The first-order valence-corrected chi connectivity index (χ1v) is 11.8. The summed E-state index contributed by atoms with van der Waals surface area (Å²) in [6.45, 7) is 6.49. The van der Waals surface area contributed by atoms with E-state index in [0.29, 0.717) is 12.1 Å². The average Bonchev–Trinajstić information content (AvgIpc) is 3.61. The Morgan fingerprint density at radius 2 is 1.72 bits per heavy atom. The maximum Gasteiger partial charge on any atom is 0.142 e. The van der Waals surface area contributed by atoms with Gasteiger partial charge in [0.05, 0.1) is 24.0 Å². The average molecular weight is 408 g/mol. The summed E-state index contributed by atoms with van der Waals surface area (Å²) in [5, 5.41) is 6.27. The number of rotatable bonds is 6. The molecule has 2 fully saturated rings. The molecule has 0 atom stereocenters. The van der Waals surface area contributed by atoms with Crippen LogP contribution < -0.4 is 9.64 Å². The SMILES string of the molecule is COc1cc(C)cc(C)c1-c1ccc(C)c2c(N(C3CC3)C3CC3)c(SC)nn12. The molecule has 2 heterocycles. The molecule has 0 aliphatic heterocycles. The Balaban J connectivity index is 1.79. The zero-order valence-corrected chi connectivity index (χ0v) is 18.8. The number of hydrogen-bond donors (Lipinski definition) is 0. The van der Waals surface area contributed by atoms with Crippen LogP contribution in [0.3, 0.4) is 0 Å². The van der Waals surface area contributed by atoms with Gasteiger partial charge in [0.25, 0.3) is 0 Å². The lowest BCUT2D eigenvalue weighted by molar-refractivity contribution is 0.415. The third-order valence-corrected chi connectivity index (χ3v) is 6.84. The van der Waals surface area contributed by atoms with Crippen molar-refractivity contribution in [2.24, 2.45) is 0 Å². The van der Waals surface area contributed by atoms with E-state index in [1.165, 1.54) is 53.6 Å². The van der Waals surface area contributed by atoms with Crippen molar-refractivity contribution >= 4 is 23.0 Å². The largest absolute Gasteiger partial charge is 0.496 e. The number of ether oxygens (including phenoxy) is 1. The Morgan fingerprint density at radius 1 is 1.03 bits per heavy atom. The van der Waals surface area contributed by atoms with Gasteiger partial charge in [-0.15, -0.1) is 11.8 Å². The molecule has 2 saturated carbocycles. The summed E-state index contributed by atoms with van der Waals surface area (Å²) in [5.74, 6) is 0.914. The Hall–Kier alpha value is -2.14. The molecule has 29 heavy (non-hydrogen) atoms. The van der Waals surface area contributed by atoms with Gasteiger partial charge in [-0.2, -0.15) is 5.10 Å². The van der Waals surface area contributed by atoms with Crippen molar-refractivity contribution in [1.29, 1.82) is 0 Å². The predicted octanol–water partition coefficient (Wildman–Crippen LogP) is 5.79. The zero-order chi connectivity index (χ0) is 20.3. The first-order chi connectivity index (χ1) is 14.0. The number of anilines is 1. The first kappa shape index (κ1) is 18.9. The molecule has 0 bridgehead atoms. The molecule has 4 nitrogen and oxygen atoms in total. The Kier molecular flexibility index (Phi) is 4.54. The van der Waals surface area contributed by atoms with Crippen molar-refractivity contribution in [3.8, 4) is 17.0 Å². The molecule has 2 aliphatic carbocycles. The van der Waals surface area contributed by atoms with Crippen LogP contribution in [0.2, 0.25) is 0 Å². The van der Waals surface area contributed by atoms with Crippen LogP contribution in [0.15, 0.2) is 29.3 Å². The molecular formula is C24H29N3OS. The molecule has 0 saturated heterocycles. The van der Waals surface area contributed by atoms with E-state index in [2.05, 4.69) is 60.7 Å². The number of methoxy groups -OCH3 is 1. The number of aryl methyl sites for hydroxylation is 3. The van der Waals surface area contributed by atoms with Crippen LogP contribution in [-0.4, -0.2) is 35.1 Å². The van der Waals surface area contributed by atoms with Crippen molar-refractivity contribution in [1.82, 2.24) is 9.61 Å². The van der Waals surface area contributed by atoms with Crippen molar-refractivity contribution in [3.05, 3.63) is 41.0 Å². The smallest absolute Gasteiger partial charge is 0.142 e. The van der Waals surface area contributed by atoms with Crippen molar-refractivity contribution in [2.45, 2.75) is 63.6 Å². The van der Waals surface area contributed by atoms with E-state index in [9.17, 15) is 0 Å². The summed E-state index contributed by atoms with van der Waals surface area (Å²) in [4.78, 5) is 2.70. The van der Waals surface area contributed by atoms with Gasteiger partial charge in [-0.05, 0) is 81.5 Å². The minimum absolute atomic E-state index is 0.695. The summed E-state index contributed by atoms with van der Waals surface area (Å²) < 4.78 is 7.97. The van der Waals surface area contributed by atoms with Gasteiger partial charge in [-0.25, -0.2) is 4.52 Å². The van der Waals surface area contributed by atoms with Crippen LogP contribution in [0.1, 0.15) is 42.4 Å². The van der Waals surface area contributed by atoms with Gasteiger partial charge >= 0.3 is 0 Å². The Morgan fingerprint density at radius 3 is 2.31 bits per heavy atom. The normalized spacial score (nSPS) is 16.4. The summed E-state index contributed by atoms with van der Waals surface area (Å²) >= 11 is 1.76. The summed E-state index contributed by atoms with van der Waals surface area (Å²) in [5.41, 5.74) is 8.56.